The molecule has 1 aromatic carbocycles. The minimum atomic E-state index is 0.00694. The van der Waals surface area contributed by atoms with Crippen molar-refractivity contribution in [3.05, 3.63) is 34.3 Å². The van der Waals surface area contributed by atoms with Crippen LogP contribution in [0.5, 0.6) is 0 Å². The Bertz CT molecular complexity index is 711. The van der Waals surface area contributed by atoms with Gasteiger partial charge in [0.15, 0.2) is 0 Å². The Morgan fingerprint density at radius 2 is 1.83 bits per heavy atom. The van der Waals surface area contributed by atoms with Gasteiger partial charge < -0.3 is 10.6 Å². The van der Waals surface area contributed by atoms with Crippen molar-refractivity contribution < 1.29 is 4.79 Å². The summed E-state index contributed by atoms with van der Waals surface area (Å²) in [5.41, 5.74) is 2.20. The van der Waals surface area contributed by atoms with Gasteiger partial charge in [-0.15, -0.1) is 0 Å². The van der Waals surface area contributed by atoms with Crippen LogP contribution in [0.15, 0.2) is 18.2 Å². The Morgan fingerprint density at radius 1 is 1.17 bits per heavy atom. The Kier molecular flexibility index (Phi) is 7.09. The normalized spacial score (nSPS) is 30.4. The van der Waals surface area contributed by atoms with Crippen molar-refractivity contribution in [1.82, 2.24) is 10.6 Å². The van der Waals surface area contributed by atoms with E-state index in [4.69, 9.17) is 11.6 Å². The van der Waals surface area contributed by atoms with E-state index < -0.39 is 0 Å². The summed E-state index contributed by atoms with van der Waals surface area (Å²) in [6.07, 6.45) is 11.5. The van der Waals surface area contributed by atoms with Gasteiger partial charge in [-0.2, -0.15) is 0 Å². The molecule has 0 spiro atoms. The first-order chi connectivity index (χ1) is 14.5. The smallest absolute Gasteiger partial charge is 0.252 e. The summed E-state index contributed by atoms with van der Waals surface area (Å²) >= 11 is 6.41. The first kappa shape index (κ1) is 22.1. The van der Waals surface area contributed by atoms with Crippen molar-refractivity contribution in [2.24, 2.45) is 29.1 Å². The monoisotopic (exact) mass is 430 g/mol. The standard InChI is InChI=1S/C26H39ClN2O/c1-3-18(2)16-28-8-4-5-19-6-7-24(27)23(12-19)25(30)29-17-26-13-20-9-21(14-26)11-22(10-20)15-26/h6-7,12,18,20-22,28H,3-5,8-11,13-17H2,1-2H3,(H,29,30). The number of carbonyl (C=O) groups excluding carboxylic acids is 1. The van der Waals surface area contributed by atoms with Crippen LogP contribution in [0.2, 0.25) is 5.02 Å². The van der Waals surface area contributed by atoms with E-state index in [9.17, 15) is 4.79 Å². The number of nitrogens with one attached hydrogen (secondary N) is 2. The van der Waals surface area contributed by atoms with Gasteiger partial charge in [0.05, 0.1) is 10.6 Å². The van der Waals surface area contributed by atoms with Crippen LogP contribution in [0.25, 0.3) is 0 Å². The molecule has 0 saturated heterocycles. The highest BCUT2D eigenvalue weighted by Gasteiger charge is 2.50. The minimum absolute atomic E-state index is 0.00694. The molecule has 1 amide bonds. The van der Waals surface area contributed by atoms with Crippen molar-refractivity contribution in [3.63, 3.8) is 0 Å². The lowest BCUT2D eigenvalue weighted by Gasteiger charge is -2.56. The number of hydrogen-bond acceptors (Lipinski definition) is 2. The first-order valence-corrected chi connectivity index (χ1v) is 12.6. The Morgan fingerprint density at radius 3 is 2.47 bits per heavy atom. The van der Waals surface area contributed by atoms with Crippen LogP contribution in [-0.4, -0.2) is 25.5 Å². The van der Waals surface area contributed by atoms with E-state index in [2.05, 4.69) is 30.5 Å². The third kappa shape index (κ3) is 5.22. The summed E-state index contributed by atoms with van der Waals surface area (Å²) < 4.78 is 0. The highest BCUT2D eigenvalue weighted by molar-refractivity contribution is 6.33. The number of hydrogen-bond donors (Lipinski definition) is 2. The lowest BCUT2D eigenvalue weighted by Crippen LogP contribution is -2.51. The average Bonchev–Trinajstić information content (AvgIpc) is 2.71. The summed E-state index contributed by atoms with van der Waals surface area (Å²) in [7, 11) is 0. The number of carbonyl (C=O) groups is 1. The van der Waals surface area contributed by atoms with Crippen LogP contribution in [0.3, 0.4) is 0 Å². The molecule has 0 aliphatic heterocycles. The van der Waals surface area contributed by atoms with Gasteiger partial charge in [-0.25, -0.2) is 0 Å². The second-order valence-corrected chi connectivity index (χ2v) is 11.1. The average molecular weight is 431 g/mol. The topological polar surface area (TPSA) is 41.1 Å². The van der Waals surface area contributed by atoms with Gasteiger partial charge in [-0.05, 0) is 111 Å². The van der Waals surface area contributed by atoms with Gasteiger partial charge in [0, 0.05) is 6.54 Å². The van der Waals surface area contributed by atoms with Crippen molar-refractivity contribution >= 4 is 17.5 Å². The van der Waals surface area contributed by atoms with Gasteiger partial charge in [-0.3, -0.25) is 4.79 Å². The molecule has 4 aliphatic carbocycles. The molecule has 4 heteroatoms. The zero-order valence-corrected chi connectivity index (χ0v) is 19.6. The molecule has 0 aromatic heterocycles. The third-order valence-corrected chi connectivity index (χ3v) is 8.40. The fourth-order valence-electron chi connectivity index (χ4n) is 6.68. The molecule has 30 heavy (non-hydrogen) atoms. The Hall–Kier alpha value is -1.06. The van der Waals surface area contributed by atoms with Gasteiger partial charge in [-0.1, -0.05) is 37.9 Å². The summed E-state index contributed by atoms with van der Waals surface area (Å²) in [4.78, 5) is 13.0. The second kappa shape index (κ2) is 9.61. The molecular weight excluding hydrogens is 392 g/mol. The summed E-state index contributed by atoms with van der Waals surface area (Å²) in [5, 5.41) is 7.38. The summed E-state index contributed by atoms with van der Waals surface area (Å²) in [6, 6.07) is 5.96. The van der Waals surface area contributed by atoms with E-state index in [1.807, 2.05) is 12.1 Å². The number of rotatable bonds is 10. The molecule has 4 fully saturated rings. The molecule has 4 aliphatic rings. The Labute approximate surface area is 187 Å². The number of aryl methyl sites for hydroxylation is 1. The van der Waals surface area contributed by atoms with Gasteiger partial charge >= 0.3 is 0 Å². The molecule has 1 atom stereocenters. The van der Waals surface area contributed by atoms with E-state index in [1.54, 1.807) is 0 Å². The maximum atomic E-state index is 13.0. The van der Waals surface area contributed by atoms with Crippen molar-refractivity contribution in [2.75, 3.05) is 19.6 Å². The molecular formula is C26H39ClN2O. The Balaban J connectivity index is 1.29. The predicted octanol–water partition coefficient (Wildman–Crippen LogP) is 5.85. The van der Waals surface area contributed by atoms with Gasteiger partial charge in [0.25, 0.3) is 5.91 Å². The van der Waals surface area contributed by atoms with E-state index in [0.29, 0.717) is 16.0 Å². The lowest BCUT2D eigenvalue weighted by atomic mass is 9.49. The van der Waals surface area contributed by atoms with E-state index in [0.717, 1.165) is 56.1 Å². The molecule has 1 unspecified atom stereocenters. The molecule has 4 saturated carbocycles. The number of benzene rings is 1. The van der Waals surface area contributed by atoms with Crippen LogP contribution in [0.4, 0.5) is 0 Å². The third-order valence-electron chi connectivity index (χ3n) is 8.07. The molecule has 4 bridgehead atoms. The zero-order chi connectivity index (χ0) is 21.1. The zero-order valence-electron chi connectivity index (χ0n) is 18.8. The van der Waals surface area contributed by atoms with Crippen LogP contribution >= 0.6 is 11.6 Å². The largest absolute Gasteiger partial charge is 0.351 e. The molecule has 166 valence electrons. The van der Waals surface area contributed by atoms with Crippen LogP contribution in [0.1, 0.15) is 81.1 Å². The molecule has 0 heterocycles. The van der Waals surface area contributed by atoms with Crippen molar-refractivity contribution in [1.29, 1.82) is 0 Å². The van der Waals surface area contributed by atoms with Crippen LogP contribution in [-0.2, 0) is 6.42 Å². The van der Waals surface area contributed by atoms with Crippen LogP contribution in [0, 0.1) is 29.1 Å². The maximum absolute atomic E-state index is 13.0. The van der Waals surface area contributed by atoms with Gasteiger partial charge in [0.2, 0.25) is 0 Å². The van der Waals surface area contributed by atoms with E-state index >= 15 is 0 Å². The SMILES string of the molecule is CCC(C)CNCCCc1ccc(Cl)c(C(=O)NCC23CC4CC(CC(C4)C2)C3)c1. The number of amides is 1. The predicted molar refractivity (Wildman–Crippen MR) is 125 cm³/mol. The first-order valence-electron chi connectivity index (χ1n) is 12.2. The van der Waals surface area contributed by atoms with Crippen LogP contribution < -0.4 is 10.6 Å². The van der Waals surface area contributed by atoms with E-state index in [-0.39, 0.29) is 5.91 Å². The maximum Gasteiger partial charge on any atom is 0.252 e. The fraction of sp³-hybridized carbons (Fsp3) is 0.731. The molecule has 0 radical (unpaired) electrons. The van der Waals surface area contributed by atoms with Crippen molar-refractivity contribution in [3.8, 4) is 0 Å². The van der Waals surface area contributed by atoms with Gasteiger partial charge in [0.1, 0.15) is 0 Å². The molecule has 5 rings (SSSR count). The lowest BCUT2D eigenvalue weighted by molar-refractivity contribution is -0.0503. The van der Waals surface area contributed by atoms with E-state index in [1.165, 1.54) is 50.5 Å². The summed E-state index contributed by atoms with van der Waals surface area (Å²) in [5.74, 6) is 3.47. The summed E-state index contributed by atoms with van der Waals surface area (Å²) in [6.45, 7) is 7.43. The highest BCUT2D eigenvalue weighted by atomic mass is 35.5. The highest BCUT2D eigenvalue weighted by Crippen LogP contribution is 2.59. The minimum Gasteiger partial charge on any atom is -0.351 e. The molecule has 2 N–H and O–H groups in total. The number of halogens is 1. The molecule has 1 aromatic rings. The fourth-order valence-corrected chi connectivity index (χ4v) is 6.89. The quantitative estimate of drug-likeness (QED) is 0.457. The molecule has 3 nitrogen and oxygen atoms in total. The second-order valence-electron chi connectivity index (χ2n) is 10.7. The van der Waals surface area contributed by atoms with Crippen molar-refractivity contribution in [2.45, 2.75) is 71.6 Å².